The van der Waals surface area contributed by atoms with Crippen molar-refractivity contribution in [3.63, 3.8) is 0 Å². The summed E-state index contributed by atoms with van der Waals surface area (Å²) in [4.78, 5) is 14.1. The molecule has 0 bridgehead atoms. The van der Waals surface area contributed by atoms with Crippen LogP contribution in [-0.4, -0.2) is 51.3 Å². The summed E-state index contributed by atoms with van der Waals surface area (Å²) in [5, 5.41) is 2.84. The van der Waals surface area contributed by atoms with Gasteiger partial charge in [-0.3, -0.25) is 9.69 Å². The molecular formula is C14H23N3O3. The van der Waals surface area contributed by atoms with E-state index in [1.54, 1.807) is 32.4 Å². The average molecular weight is 281 g/mol. The van der Waals surface area contributed by atoms with Gasteiger partial charge in [0.25, 0.3) is 0 Å². The van der Waals surface area contributed by atoms with Crippen molar-refractivity contribution in [2.24, 2.45) is 0 Å². The molecule has 0 aliphatic rings. The summed E-state index contributed by atoms with van der Waals surface area (Å²) >= 11 is 0. The van der Waals surface area contributed by atoms with Crippen LogP contribution in [-0.2, 0) is 9.53 Å². The van der Waals surface area contributed by atoms with E-state index < -0.39 is 0 Å². The second-order valence-corrected chi connectivity index (χ2v) is 4.60. The smallest absolute Gasteiger partial charge is 0.241 e. The third-order valence-corrected chi connectivity index (χ3v) is 3.17. The lowest BCUT2D eigenvalue weighted by Crippen LogP contribution is -2.41. The van der Waals surface area contributed by atoms with Crippen molar-refractivity contribution in [3.8, 4) is 5.75 Å². The molecular weight excluding hydrogens is 258 g/mol. The highest BCUT2D eigenvalue weighted by Gasteiger charge is 2.19. The Hall–Kier alpha value is -1.79. The zero-order valence-electron chi connectivity index (χ0n) is 12.5. The SMILES string of the molecule is COCCN(C)C(C)C(=O)Nc1ccc(N)cc1OC. The summed E-state index contributed by atoms with van der Waals surface area (Å²) in [5.74, 6) is 0.441. The van der Waals surface area contributed by atoms with Crippen LogP contribution in [0.1, 0.15) is 6.92 Å². The van der Waals surface area contributed by atoms with Crippen LogP contribution in [0.25, 0.3) is 0 Å². The van der Waals surface area contributed by atoms with E-state index in [-0.39, 0.29) is 11.9 Å². The summed E-state index contributed by atoms with van der Waals surface area (Å²) in [7, 11) is 5.06. The molecule has 3 N–H and O–H groups in total. The summed E-state index contributed by atoms with van der Waals surface area (Å²) in [5.41, 5.74) is 6.88. The largest absolute Gasteiger partial charge is 0.494 e. The normalized spacial score (nSPS) is 12.2. The predicted molar refractivity (Wildman–Crippen MR) is 80.0 cm³/mol. The molecule has 0 spiro atoms. The maximum Gasteiger partial charge on any atom is 0.241 e. The number of nitrogens with one attached hydrogen (secondary N) is 1. The lowest BCUT2D eigenvalue weighted by molar-refractivity contribution is -0.120. The van der Waals surface area contributed by atoms with E-state index in [0.717, 1.165) is 0 Å². The quantitative estimate of drug-likeness (QED) is 0.734. The number of likely N-dealkylation sites (N-methyl/N-ethyl adjacent to an activating group) is 1. The minimum atomic E-state index is -0.271. The van der Waals surface area contributed by atoms with Crippen molar-refractivity contribution in [2.45, 2.75) is 13.0 Å². The maximum absolute atomic E-state index is 12.2. The Bertz CT molecular complexity index is 451. The maximum atomic E-state index is 12.2. The number of amides is 1. The highest BCUT2D eigenvalue weighted by molar-refractivity contribution is 5.96. The second-order valence-electron chi connectivity index (χ2n) is 4.60. The number of rotatable bonds is 7. The van der Waals surface area contributed by atoms with E-state index in [0.29, 0.717) is 30.3 Å². The van der Waals surface area contributed by atoms with Gasteiger partial charge in [0.1, 0.15) is 5.75 Å². The predicted octanol–water partition coefficient (Wildman–Crippen LogP) is 1.18. The molecule has 1 aromatic rings. The second kappa shape index (κ2) is 7.72. The van der Waals surface area contributed by atoms with E-state index in [9.17, 15) is 4.79 Å². The van der Waals surface area contributed by atoms with Crippen molar-refractivity contribution >= 4 is 17.3 Å². The molecule has 0 aromatic heterocycles. The van der Waals surface area contributed by atoms with Gasteiger partial charge < -0.3 is 20.5 Å². The molecule has 1 unspecified atom stereocenters. The molecule has 1 amide bonds. The van der Waals surface area contributed by atoms with Crippen LogP contribution in [0.2, 0.25) is 0 Å². The highest BCUT2D eigenvalue weighted by Crippen LogP contribution is 2.26. The lowest BCUT2D eigenvalue weighted by Gasteiger charge is -2.23. The average Bonchev–Trinajstić information content (AvgIpc) is 2.45. The molecule has 20 heavy (non-hydrogen) atoms. The number of hydrogen-bond acceptors (Lipinski definition) is 5. The first-order valence-electron chi connectivity index (χ1n) is 6.43. The van der Waals surface area contributed by atoms with Crippen LogP contribution in [0.5, 0.6) is 5.75 Å². The molecule has 0 aliphatic heterocycles. The number of hydrogen-bond donors (Lipinski definition) is 2. The number of anilines is 2. The van der Waals surface area contributed by atoms with Crippen molar-refractivity contribution in [1.29, 1.82) is 0 Å². The monoisotopic (exact) mass is 281 g/mol. The van der Waals surface area contributed by atoms with E-state index >= 15 is 0 Å². The van der Waals surface area contributed by atoms with Crippen molar-refractivity contribution in [1.82, 2.24) is 4.90 Å². The first-order chi connectivity index (χ1) is 9.49. The standard InChI is InChI=1S/C14H23N3O3/c1-10(17(2)7-8-19-3)14(18)16-12-6-5-11(15)9-13(12)20-4/h5-6,9-10H,7-8,15H2,1-4H3,(H,16,18). The van der Waals surface area contributed by atoms with E-state index in [1.165, 1.54) is 0 Å². The molecule has 0 saturated heterocycles. The van der Waals surface area contributed by atoms with Gasteiger partial charge in [0.05, 0.1) is 25.4 Å². The Morgan fingerprint density at radius 1 is 1.45 bits per heavy atom. The molecule has 0 radical (unpaired) electrons. The number of nitrogens with two attached hydrogens (primary N) is 1. The summed E-state index contributed by atoms with van der Waals surface area (Å²) < 4.78 is 10.2. The molecule has 1 rings (SSSR count). The van der Waals surface area contributed by atoms with Crippen LogP contribution in [0.4, 0.5) is 11.4 Å². The molecule has 1 aromatic carbocycles. The number of methoxy groups -OCH3 is 2. The van der Waals surface area contributed by atoms with Gasteiger partial charge >= 0.3 is 0 Å². The lowest BCUT2D eigenvalue weighted by atomic mass is 10.2. The third-order valence-electron chi connectivity index (χ3n) is 3.17. The first-order valence-corrected chi connectivity index (χ1v) is 6.43. The molecule has 112 valence electrons. The Kier molecular flexibility index (Phi) is 6.27. The molecule has 0 heterocycles. The fraction of sp³-hybridized carbons (Fsp3) is 0.500. The molecule has 0 saturated carbocycles. The summed E-state index contributed by atoms with van der Waals surface area (Å²) in [6, 6.07) is 4.85. The highest BCUT2D eigenvalue weighted by atomic mass is 16.5. The Balaban J connectivity index is 2.70. The van der Waals surface area contributed by atoms with Crippen LogP contribution < -0.4 is 15.8 Å². The van der Waals surface area contributed by atoms with Crippen LogP contribution in [0.3, 0.4) is 0 Å². The van der Waals surface area contributed by atoms with Gasteiger partial charge in [0.2, 0.25) is 5.91 Å². The minimum Gasteiger partial charge on any atom is -0.494 e. The van der Waals surface area contributed by atoms with Crippen molar-refractivity contribution in [2.75, 3.05) is 45.5 Å². The molecule has 0 aliphatic carbocycles. The zero-order chi connectivity index (χ0) is 15.1. The van der Waals surface area contributed by atoms with Gasteiger partial charge in [0, 0.05) is 25.4 Å². The van der Waals surface area contributed by atoms with Gasteiger partial charge in [-0.15, -0.1) is 0 Å². The van der Waals surface area contributed by atoms with Gasteiger partial charge in [-0.25, -0.2) is 0 Å². The van der Waals surface area contributed by atoms with Gasteiger partial charge in [-0.05, 0) is 26.1 Å². The molecule has 1 atom stereocenters. The molecule has 0 fully saturated rings. The minimum absolute atomic E-state index is 0.105. The number of nitrogen functional groups attached to an aromatic ring is 1. The van der Waals surface area contributed by atoms with E-state index in [2.05, 4.69) is 5.32 Å². The number of carbonyl (C=O) groups excluding carboxylic acids is 1. The molecule has 6 heteroatoms. The fourth-order valence-corrected chi connectivity index (χ4v) is 1.68. The van der Waals surface area contributed by atoms with Crippen LogP contribution in [0.15, 0.2) is 18.2 Å². The van der Waals surface area contributed by atoms with E-state index in [1.807, 2.05) is 18.9 Å². The van der Waals surface area contributed by atoms with Crippen LogP contribution >= 0.6 is 0 Å². The Labute approximate surface area is 119 Å². The number of carbonyl (C=O) groups is 1. The number of benzene rings is 1. The number of ether oxygens (including phenoxy) is 2. The topological polar surface area (TPSA) is 76.8 Å². The van der Waals surface area contributed by atoms with Gasteiger partial charge in [0.15, 0.2) is 0 Å². The van der Waals surface area contributed by atoms with Gasteiger partial charge in [-0.1, -0.05) is 0 Å². The number of nitrogens with zero attached hydrogens (tertiary/aromatic N) is 1. The van der Waals surface area contributed by atoms with Gasteiger partial charge in [-0.2, -0.15) is 0 Å². The Morgan fingerprint density at radius 2 is 2.15 bits per heavy atom. The molecule has 6 nitrogen and oxygen atoms in total. The zero-order valence-corrected chi connectivity index (χ0v) is 12.5. The third kappa shape index (κ3) is 4.40. The summed E-state index contributed by atoms with van der Waals surface area (Å²) in [6.45, 7) is 3.11. The van der Waals surface area contributed by atoms with E-state index in [4.69, 9.17) is 15.2 Å². The Morgan fingerprint density at radius 3 is 2.75 bits per heavy atom. The van der Waals surface area contributed by atoms with Crippen molar-refractivity contribution < 1.29 is 14.3 Å². The fourth-order valence-electron chi connectivity index (χ4n) is 1.68. The van der Waals surface area contributed by atoms with Crippen molar-refractivity contribution in [3.05, 3.63) is 18.2 Å². The first kappa shape index (κ1) is 16.3. The van der Waals surface area contributed by atoms with Crippen LogP contribution in [0, 0.1) is 0 Å². The summed E-state index contributed by atoms with van der Waals surface area (Å²) in [6.07, 6.45) is 0.